The molecule has 0 atom stereocenters. The molecule has 0 unspecified atom stereocenters. The number of amides is 1. The molecule has 1 aliphatic carbocycles. The largest absolute Gasteiger partial charge is 0.335 e. The van der Waals surface area contributed by atoms with Gasteiger partial charge in [0.15, 0.2) is 5.69 Å². The highest BCUT2D eigenvalue weighted by Gasteiger charge is 2.32. The van der Waals surface area contributed by atoms with Gasteiger partial charge in [-0.3, -0.25) is 9.59 Å². The van der Waals surface area contributed by atoms with E-state index in [0.29, 0.717) is 22.2 Å². The third-order valence-electron chi connectivity index (χ3n) is 6.74. The van der Waals surface area contributed by atoms with Crippen molar-refractivity contribution in [2.24, 2.45) is 0 Å². The summed E-state index contributed by atoms with van der Waals surface area (Å²) in [5, 5.41) is 5.39. The van der Waals surface area contributed by atoms with E-state index < -0.39 is 10.0 Å². The first-order valence-corrected chi connectivity index (χ1v) is 13.2. The topological polar surface area (TPSA) is 92.6 Å². The highest BCUT2D eigenvalue weighted by Crippen LogP contribution is 2.27. The van der Waals surface area contributed by atoms with E-state index in [4.69, 9.17) is 0 Å². The first-order chi connectivity index (χ1) is 16.4. The van der Waals surface area contributed by atoms with Gasteiger partial charge in [-0.2, -0.15) is 9.40 Å². The molecule has 0 saturated carbocycles. The molecule has 9 heteroatoms. The fourth-order valence-corrected chi connectivity index (χ4v) is 6.37. The van der Waals surface area contributed by atoms with E-state index in [1.165, 1.54) is 14.6 Å². The number of hydrogen-bond donors (Lipinski definition) is 0. The molecule has 8 nitrogen and oxygen atoms in total. The van der Waals surface area contributed by atoms with Crippen LogP contribution >= 0.6 is 0 Å². The Labute approximate surface area is 198 Å². The van der Waals surface area contributed by atoms with Gasteiger partial charge in [-0.05, 0) is 55.0 Å². The van der Waals surface area contributed by atoms with E-state index in [9.17, 15) is 18.0 Å². The SMILES string of the molecule is CCCn1nc(C(=O)N2CCN(S(=O)(=O)c3ccc4c(c3)CCC4)CC2)c2ccccc2c1=O. The van der Waals surface area contributed by atoms with Crippen LogP contribution in [0.1, 0.15) is 41.4 Å². The number of sulfonamides is 1. The summed E-state index contributed by atoms with van der Waals surface area (Å²) in [6, 6.07) is 12.4. The molecule has 178 valence electrons. The summed E-state index contributed by atoms with van der Waals surface area (Å²) in [6.07, 6.45) is 3.71. The Hall–Kier alpha value is -3.04. The normalized spacial score (nSPS) is 16.7. The lowest BCUT2D eigenvalue weighted by molar-refractivity contribution is 0.0691. The van der Waals surface area contributed by atoms with Crippen LogP contribution < -0.4 is 5.56 Å². The van der Waals surface area contributed by atoms with Crippen LogP contribution in [0.5, 0.6) is 0 Å². The van der Waals surface area contributed by atoms with Crippen LogP contribution in [0.15, 0.2) is 52.2 Å². The maximum absolute atomic E-state index is 13.4. The first-order valence-electron chi connectivity index (χ1n) is 11.8. The number of aromatic nitrogens is 2. The third kappa shape index (κ3) is 3.92. The molecule has 1 aliphatic heterocycles. The Bertz CT molecular complexity index is 1420. The zero-order chi connectivity index (χ0) is 23.9. The van der Waals surface area contributed by atoms with Crippen molar-refractivity contribution in [3.8, 4) is 0 Å². The molecule has 2 heterocycles. The van der Waals surface area contributed by atoms with Crippen LogP contribution in [-0.2, 0) is 29.4 Å². The number of piperazine rings is 1. The van der Waals surface area contributed by atoms with Gasteiger partial charge >= 0.3 is 0 Å². The summed E-state index contributed by atoms with van der Waals surface area (Å²) in [5.41, 5.74) is 2.38. The Kier molecular flexibility index (Phi) is 5.99. The van der Waals surface area contributed by atoms with Crippen molar-refractivity contribution in [2.45, 2.75) is 44.0 Å². The summed E-state index contributed by atoms with van der Waals surface area (Å²) in [4.78, 5) is 28.1. The summed E-state index contributed by atoms with van der Waals surface area (Å²) in [6.45, 7) is 3.36. The molecule has 1 saturated heterocycles. The van der Waals surface area contributed by atoms with E-state index in [1.54, 1.807) is 35.2 Å². The molecule has 0 bridgehead atoms. The number of aryl methyl sites for hydroxylation is 3. The van der Waals surface area contributed by atoms with Crippen LogP contribution in [0.3, 0.4) is 0 Å². The van der Waals surface area contributed by atoms with Crippen molar-refractivity contribution < 1.29 is 13.2 Å². The van der Waals surface area contributed by atoms with Crippen molar-refractivity contribution in [3.05, 3.63) is 69.6 Å². The maximum Gasteiger partial charge on any atom is 0.275 e. The summed E-state index contributed by atoms with van der Waals surface area (Å²) >= 11 is 0. The Morgan fingerprint density at radius 3 is 2.41 bits per heavy atom. The van der Waals surface area contributed by atoms with Crippen molar-refractivity contribution in [1.29, 1.82) is 0 Å². The van der Waals surface area contributed by atoms with Gasteiger partial charge in [0, 0.05) is 38.1 Å². The summed E-state index contributed by atoms with van der Waals surface area (Å²) < 4.78 is 29.3. The maximum atomic E-state index is 13.4. The Morgan fingerprint density at radius 1 is 0.971 bits per heavy atom. The number of nitrogens with zero attached hydrogens (tertiary/aromatic N) is 4. The van der Waals surface area contributed by atoms with Crippen LogP contribution in [0, 0.1) is 0 Å². The van der Waals surface area contributed by atoms with E-state index in [1.807, 2.05) is 19.1 Å². The third-order valence-corrected chi connectivity index (χ3v) is 8.63. The van der Waals surface area contributed by atoms with Gasteiger partial charge in [0.2, 0.25) is 10.0 Å². The van der Waals surface area contributed by atoms with Gasteiger partial charge in [0.05, 0.1) is 10.3 Å². The van der Waals surface area contributed by atoms with E-state index in [0.717, 1.165) is 31.2 Å². The number of fused-ring (bicyclic) bond motifs is 2. The molecule has 1 aromatic heterocycles. The van der Waals surface area contributed by atoms with E-state index >= 15 is 0 Å². The molecule has 0 spiro atoms. The number of carbonyl (C=O) groups excluding carboxylic acids is 1. The van der Waals surface area contributed by atoms with Gasteiger partial charge in [-0.1, -0.05) is 31.2 Å². The van der Waals surface area contributed by atoms with Gasteiger partial charge in [-0.25, -0.2) is 13.1 Å². The average Bonchev–Trinajstić information content (AvgIpc) is 3.34. The lowest BCUT2D eigenvalue weighted by atomic mass is 10.1. The lowest BCUT2D eigenvalue weighted by Crippen LogP contribution is -2.50. The van der Waals surface area contributed by atoms with Gasteiger partial charge in [0.1, 0.15) is 0 Å². The molecule has 2 aliphatic rings. The molecule has 0 radical (unpaired) electrons. The van der Waals surface area contributed by atoms with Crippen LogP contribution in [0.25, 0.3) is 10.8 Å². The smallest absolute Gasteiger partial charge is 0.275 e. The zero-order valence-electron chi connectivity index (χ0n) is 19.2. The molecule has 3 aromatic rings. The van der Waals surface area contributed by atoms with Crippen molar-refractivity contribution in [2.75, 3.05) is 26.2 Å². The molecule has 34 heavy (non-hydrogen) atoms. The summed E-state index contributed by atoms with van der Waals surface area (Å²) in [7, 11) is -3.62. The molecule has 1 fully saturated rings. The molecule has 5 rings (SSSR count). The summed E-state index contributed by atoms with van der Waals surface area (Å²) in [5.74, 6) is -0.282. The van der Waals surface area contributed by atoms with Crippen LogP contribution in [-0.4, -0.2) is 59.5 Å². The van der Waals surface area contributed by atoms with Crippen molar-refractivity contribution in [3.63, 3.8) is 0 Å². The average molecular weight is 481 g/mol. The highest BCUT2D eigenvalue weighted by atomic mass is 32.2. The monoisotopic (exact) mass is 480 g/mol. The number of benzene rings is 2. The second-order valence-corrected chi connectivity index (χ2v) is 10.8. The minimum atomic E-state index is -3.62. The zero-order valence-corrected chi connectivity index (χ0v) is 20.1. The van der Waals surface area contributed by atoms with Crippen LogP contribution in [0.2, 0.25) is 0 Å². The van der Waals surface area contributed by atoms with E-state index in [-0.39, 0.29) is 43.3 Å². The highest BCUT2D eigenvalue weighted by molar-refractivity contribution is 7.89. The van der Waals surface area contributed by atoms with Crippen LogP contribution in [0.4, 0.5) is 0 Å². The lowest BCUT2D eigenvalue weighted by Gasteiger charge is -2.34. The minimum Gasteiger partial charge on any atom is -0.335 e. The van der Waals surface area contributed by atoms with Gasteiger partial charge < -0.3 is 4.90 Å². The van der Waals surface area contributed by atoms with Crippen molar-refractivity contribution in [1.82, 2.24) is 19.0 Å². The molecule has 2 aromatic carbocycles. The van der Waals surface area contributed by atoms with Gasteiger partial charge in [-0.15, -0.1) is 0 Å². The number of hydrogen-bond acceptors (Lipinski definition) is 5. The number of rotatable bonds is 5. The quantitative estimate of drug-likeness (QED) is 0.559. The van der Waals surface area contributed by atoms with Crippen molar-refractivity contribution >= 4 is 26.7 Å². The minimum absolute atomic E-state index is 0.209. The van der Waals surface area contributed by atoms with Gasteiger partial charge in [0.25, 0.3) is 11.5 Å². The standard InChI is InChI=1S/C25H28N4O4S/c1-2-12-29-24(30)22-9-4-3-8-21(22)23(26-29)25(31)27-13-15-28(16-14-27)34(32,33)20-11-10-18-6-5-7-19(18)17-20/h3-4,8-11,17H,2,5-7,12-16H2,1H3. The Morgan fingerprint density at radius 2 is 1.68 bits per heavy atom. The molecule has 1 amide bonds. The molecule has 0 N–H and O–H groups in total. The number of carbonyl (C=O) groups is 1. The van der Waals surface area contributed by atoms with E-state index in [2.05, 4.69) is 5.10 Å². The fourth-order valence-electron chi connectivity index (χ4n) is 4.90. The molecular formula is C25H28N4O4S. The predicted octanol–water partition coefficient (Wildman–Crippen LogP) is 2.44. The first kappa shape index (κ1) is 22.7. The predicted molar refractivity (Wildman–Crippen MR) is 129 cm³/mol. The second-order valence-electron chi connectivity index (χ2n) is 8.90. The second kappa shape index (κ2) is 8.96. The fraction of sp³-hybridized carbons (Fsp3) is 0.400. The Balaban J connectivity index is 1.37. The molecular weight excluding hydrogens is 452 g/mol.